The molecule has 1 saturated heterocycles. The molecule has 21 heavy (non-hydrogen) atoms. The lowest BCUT2D eigenvalue weighted by Crippen LogP contribution is -2.44. The first-order chi connectivity index (χ1) is 9.63. The van der Waals surface area contributed by atoms with Crippen molar-refractivity contribution >= 4 is 16.1 Å². The van der Waals surface area contributed by atoms with E-state index in [-0.39, 0.29) is 36.2 Å². The van der Waals surface area contributed by atoms with E-state index >= 15 is 0 Å². The summed E-state index contributed by atoms with van der Waals surface area (Å²) in [5.41, 5.74) is 0. The third-order valence-corrected chi connectivity index (χ3v) is 5.62. The maximum Gasteiger partial charge on any atom is 0.418 e. The number of ether oxygens (including phenoxy) is 2. The van der Waals surface area contributed by atoms with Crippen LogP contribution in [0.15, 0.2) is 0 Å². The van der Waals surface area contributed by atoms with Crippen molar-refractivity contribution in [2.75, 3.05) is 6.61 Å². The van der Waals surface area contributed by atoms with E-state index in [4.69, 9.17) is 14.4 Å². The van der Waals surface area contributed by atoms with Crippen molar-refractivity contribution in [2.45, 2.75) is 30.5 Å². The van der Waals surface area contributed by atoms with Gasteiger partial charge in [0.05, 0.1) is 12.5 Å². The van der Waals surface area contributed by atoms with Gasteiger partial charge in [0.2, 0.25) is 6.29 Å². The number of esters is 1. The molecule has 3 aliphatic rings. The van der Waals surface area contributed by atoms with E-state index < -0.39 is 27.8 Å². The van der Waals surface area contributed by atoms with Crippen LogP contribution < -0.4 is 0 Å². The van der Waals surface area contributed by atoms with Crippen LogP contribution in [-0.2, 0) is 24.4 Å². The lowest BCUT2D eigenvalue weighted by atomic mass is 9.83. The summed E-state index contributed by atoms with van der Waals surface area (Å²) in [6, 6.07) is 0. The molecule has 6 unspecified atom stereocenters. The zero-order valence-electron chi connectivity index (χ0n) is 10.7. The second-order valence-electron chi connectivity index (χ2n) is 5.79. The molecular formula is C11H14F2O7S. The molecule has 7 nitrogen and oxygen atoms in total. The van der Waals surface area contributed by atoms with Gasteiger partial charge in [-0.05, 0) is 18.8 Å². The zero-order valence-corrected chi connectivity index (χ0v) is 11.5. The molecule has 2 saturated carbocycles. The van der Waals surface area contributed by atoms with E-state index in [1.54, 1.807) is 0 Å². The number of aliphatic hydroxyl groups is 1. The van der Waals surface area contributed by atoms with Crippen molar-refractivity contribution in [1.29, 1.82) is 0 Å². The Morgan fingerprint density at radius 1 is 1.43 bits per heavy atom. The standard InChI is InChI=1S/C11H14F2O7S/c12-11(13,21(16,17)18)10(15)19-3-7-4-1-5-6(2-4)9(14)20-8(5)7/h4-8,10,15H,1-3H2,(H,16,17,18). The van der Waals surface area contributed by atoms with Gasteiger partial charge in [-0.2, -0.15) is 17.2 Å². The molecule has 3 fully saturated rings. The van der Waals surface area contributed by atoms with Crippen LogP contribution in [0, 0.1) is 23.7 Å². The Morgan fingerprint density at radius 2 is 2.10 bits per heavy atom. The minimum Gasteiger partial charge on any atom is -0.461 e. The molecule has 2 N–H and O–H groups in total. The van der Waals surface area contributed by atoms with Gasteiger partial charge in [0.25, 0.3) is 0 Å². The summed E-state index contributed by atoms with van der Waals surface area (Å²) in [6.07, 6.45) is -2.06. The van der Waals surface area contributed by atoms with Crippen LogP contribution in [0.4, 0.5) is 8.78 Å². The summed E-state index contributed by atoms with van der Waals surface area (Å²) in [6.45, 7) is -0.363. The van der Waals surface area contributed by atoms with Crippen LogP contribution in [0.2, 0.25) is 0 Å². The Hall–Kier alpha value is -0.840. The molecule has 0 aromatic carbocycles. The van der Waals surface area contributed by atoms with E-state index in [0.717, 1.165) is 6.42 Å². The first kappa shape index (κ1) is 15.1. The van der Waals surface area contributed by atoms with E-state index in [2.05, 4.69) is 4.74 Å². The molecule has 0 amide bonds. The zero-order chi connectivity index (χ0) is 15.6. The molecular weight excluding hydrogens is 314 g/mol. The van der Waals surface area contributed by atoms with Crippen molar-refractivity contribution < 1.29 is 41.1 Å². The SMILES string of the molecule is O=C1OC2C(COC(O)C(F)(F)S(=O)(=O)O)C3CC1C2C3. The van der Waals surface area contributed by atoms with Gasteiger partial charge < -0.3 is 14.6 Å². The summed E-state index contributed by atoms with van der Waals surface area (Å²) in [5, 5.41) is 4.34. The fraction of sp³-hybridized carbons (Fsp3) is 0.909. The van der Waals surface area contributed by atoms with Crippen molar-refractivity contribution in [3.05, 3.63) is 0 Å². The van der Waals surface area contributed by atoms with E-state index in [1.165, 1.54) is 0 Å². The van der Waals surface area contributed by atoms with Gasteiger partial charge in [0.1, 0.15) is 6.10 Å². The van der Waals surface area contributed by atoms with Gasteiger partial charge in [-0.15, -0.1) is 0 Å². The first-order valence-corrected chi connectivity index (χ1v) is 7.92. The third kappa shape index (κ3) is 2.16. The lowest BCUT2D eigenvalue weighted by Gasteiger charge is -2.27. The Kier molecular flexibility index (Phi) is 3.28. The van der Waals surface area contributed by atoms with Gasteiger partial charge in [-0.3, -0.25) is 9.35 Å². The molecule has 0 spiro atoms. The Morgan fingerprint density at radius 3 is 2.71 bits per heavy atom. The van der Waals surface area contributed by atoms with Crippen LogP contribution in [0.1, 0.15) is 12.8 Å². The predicted octanol–water partition coefficient (Wildman–Crippen LogP) is -0.000400. The number of carbonyl (C=O) groups is 1. The minimum absolute atomic E-state index is 0.0512. The van der Waals surface area contributed by atoms with Gasteiger partial charge in [0.15, 0.2) is 0 Å². The summed E-state index contributed by atoms with van der Waals surface area (Å²) >= 11 is 0. The van der Waals surface area contributed by atoms with E-state index in [1.807, 2.05) is 0 Å². The van der Waals surface area contributed by atoms with Crippen LogP contribution in [0.3, 0.4) is 0 Å². The molecule has 1 aliphatic heterocycles. The van der Waals surface area contributed by atoms with Gasteiger partial charge in [0, 0.05) is 11.8 Å². The molecule has 10 heteroatoms. The van der Waals surface area contributed by atoms with Crippen LogP contribution in [0.25, 0.3) is 0 Å². The largest absolute Gasteiger partial charge is 0.461 e. The average molecular weight is 328 g/mol. The van der Waals surface area contributed by atoms with Crippen molar-refractivity contribution in [3.63, 3.8) is 0 Å². The highest BCUT2D eigenvalue weighted by molar-refractivity contribution is 7.86. The number of hydrogen-bond donors (Lipinski definition) is 2. The highest BCUT2D eigenvalue weighted by atomic mass is 32.2. The highest BCUT2D eigenvalue weighted by Crippen LogP contribution is 2.57. The van der Waals surface area contributed by atoms with Gasteiger partial charge in [-0.25, -0.2) is 0 Å². The molecule has 0 aromatic heterocycles. The summed E-state index contributed by atoms with van der Waals surface area (Å²) in [4.78, 5) is 11.5. The minimum atomic E-state index is -5.77. The van der Waals surface area contributed by atoms with Gasteiger partial charge >= 0.3 is 21.3 Å². The number of fused-ring (bicyclic) bond motifs is 1. The number of aliphatic hydroxyl groups excluding tert-OH is 1. The summed E-state index contributed by atoms with van der Waals surface area (Å²) in [7, 11) is -5.77. The highest BCUT2D eigenvalue weighted by Gasteiger charge is 2.62. The maximum absolute atomic E-state index is 13.1. The third-order valence-electron chi connectivity index (χ3n) is 4.73. The van der Waals surface area contributed by atoms with Crippen molar-refractivity contribution in [3.8, 4) is 0 Å². The predicted molar refractivity (Wildman–Crippen MR) is 61.5 cm³/mol. The number of alkyl halides is 2. The summed E-state index contributed by atoms with van der Waals surface area (Å²) in [5.74, 6) is -0.651. The fourth-order valence-electron chi connectivity index (χ4n) is 3.73. The molecule has 1 heterocycles. The van der Waals surface area contributed by atoms with Crippen molar-refractivity contribution in [2.24, 2.45) is 23.7 Å². The normalized spacial score (nSPS) is 39.6. The average Bonchev–Trinajstić information content (AvgIpc) is 2.97. The first-order valence-electron chi connectivity index (χ1n) is 6.48. The van der Waals surface area contributed by atoms with Crippen LogP contribution >= 0.6 is 0 Å². The quantitative estimate of drug-likeness (QED) is 0.415. The molecule has 3 rings (SSSR count). The van der Waals surface area contributed by atoms with Crippen molar-refractivity contribution in [1.82, 2.24) is 0 Å². The van der Waals surface area contributed by atoms with E-state index in [9.17, 15) is 22.0 Å². The Balaban J connectivity index is 1.63. The second kappa shape index (κ2) is 4.58. The maximum atomic E-state index is 13.1. The number of halogens is 2. The number of rotatable bonds is 5. The molecule has 2 bridgehead atoms. The van der Waals surface area contributed by atoms with Crippen LogP contribution in [0.5, 0.6) is 0 Å². The van der Waals surface area contributed by atoms with Gasteiger partial charge in [-0.1, -0.05) is 0 Å². The topological polar surface area (TPSA) is 110 Å². The lowest BCUT2D eigenvalue weighted by molar-refractivity contribution is -0.208. The molecule has 2 aliphatic carbocycles. The Bertz CT molecular complexity index is 563. The molecule has 0 aromatic rings. The van der Waals surface area contributed by atoms with E-state index in [0.29, 0.717) is 6.42 Å². The molecule has 0 radical (unpaired) electrons. The number of hydrogen-bond acceptors (Lipinski definition) is 6. The summed E-state index contributed by atoms with van der Waals surface area (Å²) < 4.78 is 65.3. The smallest absolute Gasteiger partial charge is 0.418 e. The molecule has 6 atom stereocenters. The fourth-order valence-corrected chi connectivity index (χ4v) is 4.06. The monoisotopic (exact) mass is 328 g/mol. The Labute approximate surface area is 119 Å². The molecule has 120 valence electrons. The van der Waals surface area contributed by atoms with Crippen LogP contribution in [-0.4, -0.2) is 48.3 Å². The number of carbonyl (C=O) groups excluding carboxylic acids is 1. The second-order valence-corrected chi connectivity index (χ2v) is 7.28.